The Labute approximate surface area is 189 Å². The number of hydrogen-bond donors (Lipinski definition) is 2. The van der Waals surface area contributed by atoms with Crippen molar-refractivity contribution in [3.05, 3.63) is 51.9 Å². The molecule has 0 bridgehead atoms. The Hall–Kier alpha value is -2.76. The summed E-state index contributed by atoms with van der Waals surface area (Å²) in [5, 5.41) is 18.8. The molecule has 9 nitrogen and oxygen atoms in total. The first-order chi connectivity index (χ1) is 15.0. The zero-order chi connectivity index (χ0) is 23.6. The molecule has 1 aliphatic rings. The second kappa shape index (κ2) is 9.39. The zero-order valence-electron chi connectivity index (χ0n) is 17.6. The van der Waals surface area contributed by atoms with E-state index in [0.717, 1.165) is 9.87 Å². The highest BCUT2D eigenvalue weighted by Gasteiger charge is 2.37. The van der Waals surface area contributed by atoms with Gasteiger partial charge in [0.25, 0.3) is 10.0 Å². The maximum atomic E-state index is 13.1. The predicted octanol–water partition coefficient (Wildman–Crippen LogP) is 2.48. The molecule has 3 rings (SSSR count). The molecule has 1 unspecified atom stereocenters. The number of nitrogens with zero attached hydrogens (tertiary/aromatic N) is 2. The van der Waals surface area contributed by atoms with Gasteiger partial charge in [0.2, 0.25) is 5.91 Å². The molecule has 1 saturated heterocycles. The van der Waals surface area contributed by atoms with Crippen LogP contribution in [-0.2, 0) is 14.8 Å². The molecule has 1 atom stereocenters. The van der Waals surface area contributed by atoms with Gasteiger partial charge in [0.05, 0.1) is 5.56 Å². The molecule has 1 fully saturated rings. The van der Waals surface area contributed by atoms with E-state index in [4.69, 9.17) is 0 Å². The van der Waals surface area contributed by atoms with E-state index in [2.05, 4.69) is 0 Å². The van der Waals surface area contributed by atoms with Crippen LogP contribution >= 0.6 is 11.3 Å². The molecule has 1 aliphatic heterocycles. The van der Waals surface area contributed by atoms with Crippen molar-refractivity contribution in [3.8, 4) is 0 Å². The summed E-state index contributed by atoms with van der Waals surface area (Å²) in [6.45, 7) is 3.61. The first kappa shape index (κ1) is 23.9. The minimum atomic E-state index is -4.22. The molecule has 0 saturated carbocycles. The van der Waals surface area contributed by atoms with Crippen LogP contribution in [0.25, 0.3) is 0 Å². The molecule has 32 heavy (non-hydrogen) atoms. The fraction of sp³-hybridized carbons (Fsp3) is 0.381. The van der Waals surface area contributed by atoms with Crippen LogP contribution in [0.1, 0.15) is 50.4 Å². The molecule has 0 radical (unpaired) electrons. The number of hydrogen-bond acceptors (Lipinski definition) is 6. The number of sulfonamides is 1. The first-order valence-electron chi connectivity index (χ1n) is 9.96. The van der Waals surface area contributed by atoms with E-state index in [1.54, 1.807) is 4.90 Å². The van der Waals surface area contributed by atoms with Crippen LogP contribution in [0.15, 0.2) is 34.5 Å². The van der Waals surface area contributed by atoms with Crippen molar-refractivity contribution < 1.29 is 33.0 Å². The molecular formula is C21H24N2O7S2. The number of piperazine rings is 1. The molecule has 1 aromatic carbocycles. The minimum absolute atomic E-state index is 0.00615. The number of carbonyl (C=O) groups is 3. The highest BCUT2D eigenvalue weighted by molar-refractivity contribution is 7.91. The Bertz CT molecular complexity index is 1130. The molecule has 0 spiro atoms. The summed E-state index contributed by atoms with van der Waals surface area (Å²) in [5.74, 6) is -2.93. The summed E-state index contributed by atoms with van der Waals surface area (Å²) in [6, 6.07) is 9.64. The number of amides is 1. The van der Waals surface area contributed by atoms with Crippen molar-refractivity contribution >= 4 is 39.2 Å². The number of rotatable bonds is 7. The number of carbonyl (C=O) groups excluding carboxylic acids is 1. The third-order valence-electron chi connectivity index (χ3n) is 5.54. The van der Waals surface area contributed by atoms with Gasteiger partial charge >= 0.3 is 11.9 Å². The van der Waals surface area contributed by atoms with E-state index in [1.807, 2.05) is 37.3 Å². The van der Waals surface area contributed by atoms with Gasteiger partial charge in [-0.15, -0.1) is 11.3 Å². The van der Waals surface area contributed by atoms with Gasteiger partial charge < -0.3 is 15.1 Å². The van der Waals surface area contributed by atoms with Crippen LogP contribution in [0.4, 0.5) is 0 Å². The molecule has 2 N–H and O–H groups in total. The van der Waals surface area contributed by atoms with Gasteiger partial charge in [-0.3, -0.25) is 4.79 Å². The Kier molecular flexibility index (Phi) is 7.01. The van der Waals surface area contributed by atoms with Gasteiger partial charge in [-0.25, -0.2) is 18.0 Å². The third-order valence-corrected chi connectivity index (χ3v) is 9.21. The Morgan fingerprint density at radius 1 is 1.03 bits per heavy atom. The molecule has 2 heterocycles. The Balaban J connectivity index is 1.72. The lowest BCUT2D eigenvalue weighted by atomic mass is 9.97. The number of benzene rings is 1. The Morgan fingerprint density at radius 3 is 2.16 bits per heavy atom. The van der Waals surface area contributed by atoms with Crippen molar-refractivity contribution in [2.75, 3.05) is 26.2 Å². The third kappa shape index (κ3) is 4.69. The monoisotopic (exact) mass is 480 g/mol. The largest absolute Gasteiger partial charge is 0.478 e. The summed E-state index contributed by atoms with van der Waals surface area (Å²) in [6.07, 6.45) is 0.298. The summed E-state index contributed by atoms with van der Waals surface area (Å²) in [4.78, 5) is 37.0. The molecule has 1 amide bonds. The number of carboxylic acid groups (broad SMARTS) is 2. The van der Waals surface area contributed by atoms with Crippen LogP contribution in [-0.4, -0.2) is 71.9 Å². The van der Waals surface area contributed by atoms with Crippen LogP contribution in [0, 0.1) is 6.92 Å². The van der Waals surface area contributed by atoms with Gasteiger partial charge in [0, 0.05) is 32.6 Å². The van der Waals surface area contributed by atoms with E-state index >= 15 is 0 Å². The standard InChI is InChI=1S/C21H24N2O7S2/c1-13(15-6-4-3-5-7-15)12-16(24)22-8-10-23(11-9-22)32(29,30)21-17(19(25)26)14(2)18(31-21)20(27)28/h3-7,13H,8-12H2,1-2H3,(H,25,26)(H,27,28). The quantitative estimate of drug-likeness (QED) is 0.622. The fourth-order valence-corrected chi connectivity index (χ4v) is 6.94. The Morgan fingerprint density at radius 2 is 1.62 bits per heavy atom. The lowest BCUT2D eigenvalue weighted by molar-refractivity contribution is -0.132. The minimum Gasteiger partial charge on any atom is -0.478 e. The van der Waals surface area contributed by atoms with Gasteiger partial charge in [-0.05, 0) is 24.0 Å². The highest BCUT2D eigenvalue weighted by Crippen LogP contribution is 2.34. The van der Waals surface area contributed by atoms with Gasteiger partial charge in [-0.2, -0.15) is 4.31 Å². The molecule has 1 aromatic heterocycles. The van der Waals surface area contributed by atoms with Gasteiger partial charge in [0.1, 0.15) is 4.88 Å². The van der Waals surface area contributed by atoms with Crippen molar-refractivity contribution in [2.45, 2.75) is 30.4 Å². The van der Waals surface area contributed by atoms with Crippen molar-refractivity contribution in [3.63, 3.8) is 0 Å². The SMILES string of the molecule is Cc1c(C(=O)O)sc(S(=O)(=O)N2CCN(C(=O)CC(C)c3ccccc3)CC2)c1C(=O)O. The number of carboxylic acids is 2. The maximum Gasteiger partial charge on any atom is 0.346 e. The predicted molar refractivity (Wildman–Crippen MR) is 118 cm³/mol. The van der Waals surface area contributed by atoms with Crippen molar-refractivity contribution in [1.82, 2.24) is 9.21 Å². The molecule has 172 valence electrons. The van der Waals surface area contributed by atoms with Crippen molar-refractivity contribution in [1.29, 1.82) is 0 Å². The van der Waals surface area contributed by atoms with E-state index in [9.17, 15) is 33.0 Å². The van der Waals surface area contributed by atoms with Crippen LogP contribution in [0.2, 0.25) is 0 Å². The summed E-state index contributed by atoms with van der Waals surface area (Å²) in [5.41, 5.74) is 0.449. The maximum absolute atomic E-state index is 13.1. The smallest absolute Gasteiger partial charge is 0.346 e. The van der Waals surface area contributed by atoms with Crippen molar-refractivity contribution in [2.24, 2.45) is 0 Å². The molecule has 0 aliphatic carbocycles. The summed E-state index contributed by atoms with van der Waals surface area (Å²) in [7, 11) is -4.22. The second-order valence-electron chi connectivity index (χ2n) is 7.63. The van der Waals surface area contributed by atoms with E-state index in [-0.39, 0.29) is 48.4 Å². The van der Waals surface area contributed by atoms with Gasteiger partial charge in [-0.1, -0.05) is 37.3 Å². The second-order valence-corrected chi connectivity index (χ2v) is 10.8. The van der Waals surface area contributed by atoms with Crippen LogP contribution < -0.4 is 0 Å². The average Bonchev–Trinajstić information content (AvgIpc) is 3.13. The summed E-state index contributed by atoms with van der Waals surface area (Å²) < 4.78 is 26.9. The summed E-state index contributed by atoms with van der Waals surface area (Å²) >= 11 is 0.446. The lowest BCUT2D eigenvalue weighted by Gasteiger charge is -2.34. The normalized spacial score (nSPS) is 16.0. The van der Waals surface area contributed by atoms with E-state index < -0.39 is 31.7 Å². The van der Waals surface area contributed by atoms with Crippen LogP contribution in [0.3, 0.4) is 0 Å². The number of thiophene rings is 1. The van der Waals surface area contributed by atoms with E-state index in [0.29, 0.717) is 17.8 Å². The molecule has 11 heteroatoms. The average molecular weight is 481 g/mol. The molecular weight excluding hydrogens is 456 g/mol. The molecule has 2 aromatic rings. The lowest BCUT2D eigenvalue weighted by Crippen LogP contribution is -2.50. The van der Waals surface area contributed by atoms with Gasteiger partial charge in [0.15, 0.2) is 4.21 Å². The topological polar surface area (TPSA) is 132 Å². The van der Waals surface area contributed by atoms with Crippen LogP contribution in [0.5, 0.6) is 0 Å². The zero-order valence-corrected chi connectivity index (χ0v) is 19.3. The van der Waals surface area contributed by atoms with E-state index in [1.165, 1.54) is 6.92 Å². The fourth-order valence-electron chi connectivity index (χ4n) is 3.71. The number of aromatic carboxylic acids is 2. The first-order valence-corrected chi connectivity index (χ1v) is 12.2. The highest BCUT2D eigenvalue weighted by atomic mass is 32.2.